The van der Waals surface area contributed by atoms with Gasteiger partial charge in [0, 0.05) is 17.3 Å². The number of nitrogens with zero attached hydrogens (tertiary/aromatic N) is 1. The Kier molecular flexibility index (Phi) is 4.65. The third kappa shape index (κ3) is 3.54. The van der Waals surface area contributed by atoms with Crippen LogP contribution in [-0.4, -0.2) is 22.4 Å². The molecule has 0 unspecified atom stereocenters. The summed E-state index contributed by atoms with van der Waals surface area (Å²) in [7, 11) is 0. The van der Waals surface area contributed by atoms with Gasteiger partial charge >= 0.3 is 4.87 Å². The quantitative estimate of drug-likeness (QED) is 0.696. The van der Waals surface area contributed by atoms with Gasteiger partial charge in [0.25, 0.3) is 5.91 Å². The SMILES string of the molecule is NCC#Cc1cccnc1C(=O)NCc1csc(=O)[nH]1. The number of H-pyrrole nitrogens is 1. The minimum Gasteiger partial charge on any atom is -0.345 e. The van der Waals surface area contributed by atoms with Crippen molar-refractivity contribution >= 4 is 17.2 Å². The molecule has 0 radical (unpaired) electrons. The van der Waals surface area contributed by atoms with Gasteiger partial charge in [0.2, 0.25) is 0 Å². The lowest BCUT2D eigenvalue weighted by Crippen LogP contribution is -2.25. The van der Waals surface area contributed by atoms with Crippen LogP contribution >= 0.6 is 11.3 Å². The Labute approximate surface area is 119 Å². The first kappa shape index (κ1) is 14.0. The number of carbonyl (C=O) groups is 1. The maximum atomic E-state index is 12.0. The van der Waals surface area contributed by atoms with E-state index in [1.165, 1.54) is 6.20 Å². The number of hydrogen-bond donors (Lipinski definition) is 3. The van der Waals surface area contributed by atoms with Crippen LogP contribution in [0.15, 0.2) is 28.5 Å². The highest BCUT2D eigenvalue weighted by atomic mass is 32.1. The molecule has 0 aliphatic rings. The Hall–Kier alpha value is -2.43. The maximum absolute atomic E-state index is 12.0. The molecule has 20 heavy (non-hydrogen) atoms. The van der Waals surface area contributed by atoms with Crippen LogP contribution < -0.4 is 15.9 Å². The molecule has 7 heteroatoms. The first-order chi connectivity index (χ1) is 9.70. The topological polar surface area (TPSA) is 101 Å². The molecule has 0 saturated heterocycles. The van der Waals surface area contributed by atoms with Gasteiger partial charge in [0.15, 0.2) is 0 Å². The molecular formula is C13H12N4O2S. The number of carbonyl (C=O) groups excluding carboxylic acids is 1. The minimum absolute atomic E-state index is 0.151. The van der Waals surface area contributed by atoms with Gasteiger partial charge in [-0.15, -0.1) is 0 Å². The summed E-state index contributed by atoms with van der Waals surface area (Å²) in [6.07, 6.45) is 1.52. The number of nitrogens with two attached hydrogens (primary N) is 1. The molecule has 0 bridgehead atoms. The summed E-state index contributed by atoms with van der Waals surface area (Å²) in [5.41, 5.74) is 6.73. The van der Waals surface area contributed by atoms with Crippen LogP contribution in [0.4, 0.5) is 0 Å². The van der Waals surface area contributed by atoms with Gasteiger partial charge < -0.3 is 16.0 Å². The van der Waals surface area contributed by atoms with E-state index in [9.17, 15) is 9.59 Å². The second kappa shape index (κ2) is 6.65. The van der Waals surface area contributed by atoms with Gasteiger partial charge in [-0.1, -0.05) is 23.2 Å². The van der Waals surface area contributed by atoms with Crippen molar-refractivity contribution in [1.29, 1.82) is 0 Å². The van der Waals surface area contributed by atoms with Gasteiger partial charge in [0.1, 0.15) is 5.69 Å². The Morgan fingerprint density at radius 1 is 1.55 bits per heavy atom. The largest absolute Gasteiger partial charge is 0.345 e. The average Bonchev–Trinajstić information content (AvgIpc) is 2.88. The highest BCUT2D eigenvalue weighted by molar-refractivity contribution is 7.07. The molecule has 0 saturated carbocycles. The Balaban J connectivity index is 2.11. The van der Waals surface area contributed by atoms with E-state index < -0.39 is 0 Å². The smallest absolute Gasteiger partial charge is 0.304 e. The van der Waals surface area contributed by atoms with Crippen molar-refractivity contribution in [3.05, 3.63) is 50.3 Å². The first-order valence-electron chi connectivity index (χ1n) is 5.79. The summed E-state index contributed by atoms with van der Waals surface area (Å²) >= 11 is 1.05. The molecule has 0 aromatic carbocycles. The van der Waals surface area contributed by atoms with Gasteiger partial charge in [0.05, 0.1) is 18.7 Å². The number of thiazole rings is 1. The fourth-order valence-electron chi connectivity index (χ4n) is 1.49. The zero-order chi connectivity index (χ0) is 14.4. The number of aromatic nitrogens is 2. The predicted molar refractivity (Wildman–Crippen MR) is 76.3 cm³/mol. The molecule has 0 fully saturated rings. The van der Waals surface area contributed by atoms with Crippen molar-refractivity contribution in [3.63, 3.8) is 0 Å². The van der Waals surface area contributed by atoms with Gasteiger partial charge in [-0.2, -0.15) is 0 Å². The Morgan fingerprint density at radius 3 is 3.10 bits per heavy atom. The number of nitrogens with one attached hydrogen (secondary N) is 2. The molecule has 0 aliphatic carbocycles. The molecule has 2 aromatic heterocycles. The molecule has 1 amide bonds. The fourth-order valence-corrected chi connectivity index (χ4v) is 2.07. The maximum Gasteiger partial charge on any atom is 0.304 e. The lowest BCUT2D eigenvalue weighted by molar-refractivity contribution is 0.0945. The molecule has 4 N–H and O–H groups in total. The number of amides is 1. The van der Waals surface area contributed by atoms with Gasteiger partial charge in [-0.05, 0) is 12.1 Å². The number of hydrogen-bond acceptors (Lipinski definition) is 5. The summed E-state index contributed by atoms with van der Waals surface area (Å²) in [6, 6.07) is 3.41. The summed E-state index contributed by atoms with van der Waals surface area (Å²) in [6.45, 7) is 0.448. The molecule has 0 aliphatic heterocycles. The minimum atomic E-state index is -0.348. The molecular weight excluding hydrogens is 276 g/mol. The van der Waals surface area contributed by atoms with Crippen LogP contribution in [0.3, 0.4) is 0 Å². The first-order valence-corrected chi connectivity index (χ1v) is 6.67. The molecule has 102 valence electrons. The standard InChI is InChI=1S/C13H12N4O2S/c14-5-1-3-9-4-2-6-15-11(9)12(18)16-7-10-8-20-13(19)17-10/h2,4,6,8H,5,7,14H2,(H,16,18)(H,17,19). The van der Waals surface area contributed by atoms with E-state index in [4.69, 9.17) is 5.73 Å². The number of pyridine rings is 1. The molecule has 6 nitrogen and oxygen atoms in total. The summed E-state index contributed by atoms with van der Waals surface area (Å²) in [5, 5.41) is 4.34. The Morgan fingerprint density at radius 2 is 2.40 bits per heavy atom. The zero-order valence-corrected chi connectivity index (χ0v) is 11.3. The zero-order valence-electron chi connectivity index (χ0n) is 10.5. The molecule has 0 spiro atoms. The van der Waals surface area contributed by atoms with E-state index in [1.807, 2.05) is 0 Å². The third-order valence-electron chi connectivity index (χ3n) is 2.36. The van der Waals surface area contributed by atoms with Crippen LogP contribution in [0, 0.1) is 11.8 Å². The van der Waals surface area contributed by atoms with Gasteiger partial charge in [-0.3, -0.25) is 9.59 Å². The predicted octanol–water partition coefficient (Wildman–Crippen LogP) is 0.0716. The summed E-state index contributed by atoms with van der Waals surface area (Å²) < 4.78 is 0. The average molecular weight is 288 g/mol. The van der Waals surface area contributed by atoms with Gasteiger partial charge in [-0.25, -0.2) is 4.98 Å². The molecule has 2 rings (SSSR count). The van der Waals surface area contributed by atoms with Crippen LogP contribution in [0.1, 0.15) is 21.7 Å². The molecule has 2 aromatic rings. The van der Waals surface area contributed by atoms with Crippen molar-refractivity contribution in [1.82, 2.24) is 15.3 Å². The number of rotatable bonds is 3. The van der Waals surface area contributed by atoms with E-state index in [0.717, 1.165) is 11.3 Å². The highest BCUT2D eigenvalue weighted by Crippen LogP contribution is 2.04. The van der Waals surface area contributed by atoms with Crippen molar-refractivity contribution in [3.8, 4) is 11.8 Å². The van der Waals surface area contributed by atoms with Crippen LogP contribution in [0.2, 0.25) is 0 Å². The lowest BCUT2D eigenvalue weighted by Gasteiger charge is -2.04. The summed E-state index contributed by atoms with van der Waals surface area (Å²) in [4.78, 5) is 29.5. The monoisotopic (exact) mass is 288 g/mol. The molecule has 2 heterocycles. The third-order valence-corrected chi connectivity index (χ3v) is 3.08. The van der Waals surface area contributed by atoms with E-state index in [0.29, 0.717) is 11.3 Å². The van der Waals surface area contributed by atoms with E-state index in [1.54, 1.807) is 17.5 Å². The van der Waals surface area contributed by atoms with Crippen molar-refractivity contribution in [2.75, 3.05) is 6.54 Å². The van der Waals surface area contributed by atoms with E-state index >= 15 is 0 Å². The van der Waals surface area contributed by atoms with E-state index in [2.05, 4.69) is 27.1 Å². The highest BCUT2D eigenvalue weighted by Gasteiger charge is 2.11. The lowest BCUT2D eigenvalue weighted by atomic mass is 10.2. The normalized spacial score (nSPS) is 9.65. The van der Waals surface area contributed by atoms with Crippen LogP contribution in [0.25, 0.3) is 0 Å². The fraction of sp³-hybridized carbons (Fsp3) is 0.154. The van der Waals surface area contributed by atoms with Crippen molar-refractivity contribution in [2.45, 2.75) is 6.54 Å². The summed E-state index contributed by atoms with van der Waals surface area (Å²) in [5.74, 6) is 5.14. The number of aromatic amines is 1. The van der Waals surface area contributed by atoms with Crippen molar-refractivity contribution in [2.24, 2.45) is 5.73 Å². The van der Waals surface area contributed by atoms with Crippen LogP contribution in [-0.2, 0) is 6.54 Å². The van der Waals surface area contributed by atoms with Crippen molar-refractivity contribution < 1.29 is 4.79 Å². The Bertz CT molecular complexity index is 723. The molecule has 0 atom stereocenters. The van der Waals surface area contributed by atoms with E-state index in [-0.39, 0.29) is 29.6 Å². The second-order valence-corrected chi connectivity index (χ2v) is 4.60. The second-order valence-electron chi connectivity index (χ2n) is 3.76. The van der Waals surface area contributed by atoms with Crippen LogP contribution in [0.5, 0.6) is 0 Å².